The Hall–Kier alpha value is -1.63. The molecule has 0 fully saturated rings. The van der Waals surface area contributed by atoms with Gasteiger partial charge in [0.1, 0.15) is 6.07 Å². The number of halogens is 1. The highest BCUT2D eigenvalue weighted by atomic mass is 35.5. The summed E-state index contributed by atoms with van der Waals surface area (Å²) in [5.74, 6) is 0. The molecular formula is C13H9ClN2S. The molecular weight excluding hydrogens is 252 g/mol. The third-order valence-corrected chi connectivity index (χ3v) is 3.44. The number of nitrogens with two attached hydrogens (primary N) is 1. The molecule has 0 atom stereocenters. The summed E-state index contributed by atoms with van der Waals surface area (Å²) in [5.41, 5.74) is 6.76. The third-order valence-electron chi connectivity index (χ3n) is 2.19. The van der Waals surface area contributed by atoms with Crippen LogP contribution in [0.2, 0.25) is 5.02 Å². The second kappa shape index (κ2) is 5.13. The predicted octanol–water partition coefficient (Wildman–Crippen LogP) is 3.95. The fraction of sp³-hybridized carbons (Fsp3) is 0. The SMILES string of the molecule is N#Cc1ccc(Sc2ccc(Cl)cc2)cc1N. The molecule has 0 saturated heterocycles. The van der Waals surface area contributed by atoms with Gasteiger partial charge in [-0.3, -0.25) is 0 Å². The molecule has 0 aliphatic carbocycles. The molecule has 0 unspecified atom stereocenters. The molecule has 0 heterocycles. The summed E-state index contributed by atoms with van der Waals surface area (Å²) in [7, 11) is 0. The number of rotatable bonds is 2. The first-order chi connectivity index (χ1) is 8.19. The van der Waals surface area contributed by atoms with E-state index in [-0.39, 0.29) is 0 Å². The van der Waals surface area contributed by atoms with Crippen molar-refractivity contribution < 1.29 is 0 Å². The molecule has 84 valence electrons. The van der Waals surface area contributed by atoms with Crippen molar-refractivity contribution in [1.82, 2.24) is 0 Å². The van der Waals surface area contributed by atoms with Crippen molar-refractivity contribution in [2.24, 2.45) is 0 Å². The van der Waals surface area contributed by atoms with Crippen molar-refractivity contribution in [2.45, 2.75) is 9.79 Å². The van der Waals surface area contributed by atoms with Crippen molar-refractivity contribution in [1.29, 1.82) is 5.26 Å². The molecule has 0 radical (unpaired) electrons. The number of nitrogen functional groups attached to an aromatic ring is 1. The van der Waals surface area contributed by atoms with Gasteiger partial charge in [-0.25, -0.2) is 0 Å². The Morgan fingerprint density at radius 2 is 1.71 bits per heavy atom. The summed E-state index contributed by atoms with van der Waals surface area (Å²) in [6.07, 6.45) is 0. The number of benzene rings is 2. The van der Waals surface area contributed by atoms with Crippen LogP contribution < -0.4 is 5.73 Å². The number of nitrogens with zero attached hydrogens (tertiary/aromatic N) is 1. The maximum absolute atomic E-state index is 8.78. The average Bonchev–Trinajstić information content (AvgIpc) is 2.32. The Labute approximate surface area is 109 Å². The Bertz CT molecular complexity index is 573. The van der Waals surface area contributed by atoms with Crippen LogP contribution in [-0.4, -0.2) is 0 Å². The molecule has 2 aromatic rings. The number of anilines is 1. The molecule has 0 saturated carbocycles. The van der Waals surface area contributed by atoms with Gasteiger partial charge in [0, 0.05) is 14.8 Å². The standard InChI is InChI=1S/C13H9ClN2S/c14-10-2-5-11(6-3-10)17-12-4-1-9(8-15)13(16)7-12/h1-7H,16H2. The van der Waals surface area contributed by atoms with E-state index in [9.17, 15) is 0 Å². The number of hydrogen-bond donors (Lipinski definition) is 1. The van der Waals surface area contributed by atoms with Gasteiger partial charge in [0.2, 0.25) is 0 Å². The van der Waals surface area contributed by atoms with Crippen LogP contribution >= 0.6 is 23.4 Å². The van der Waals surface area contributed by atoms with E-state index in [4.69, 9.17) is 22.6 Å². The van der Waals surface area contributed by atoms with Crippen LogP contribution in [0.25, 0.3) is 0 Å². The van der Waals surface area contributed by atoms with Crippen molar-refractivity contribution in [3.8, 4) is 6.07 Å². The first kappa shape index (κ1) is 11.8. The summed E-state index contributed by atoms with van der Waals surface area (Å²) in [6.45, 7) is 0. The molecule has 0 amide bonds. The fourth-order valence-corrected chi connectivity index (χ4v) is 2.34. The number of nitriles is 1. The van der Waals surface area contributed by atoms with Crippen molar-refractivity contribution in [2.75, 3.05) is 5.73 Å². The second-order valence-corrected chi connectivity index (χ2v) is 5.00. The van der Waals surface area contributed by atoms with Crippen LogP contribution in [0.15, 0.2) is 52.3 Å². The molecule has 0 aliphatic rings. The van der Waals surface area contributed by atoms with E-state index >= 15 is 0 Å². The topological polar surface area (TPSA) is 49.8 Å². The summed E-state index contributed by atoms with van der Waals surface area (Å²) in [5, 5.41) is 9.49. The van der Waals surface area contributed by atoms with Gasteiger partial charge in [0.05, 0.1) is 11.3 Å². The fourth-order valence-electron chi connectivity index (χ4n) is 1.34. The average molecular weight is 261 g/mol. The summed E-state index contributed by atoms with van der Waals surface area (Å²) >= 11 is 7.40. The molecule has 2 rings (SSSR count). The predicted molar refractivity (Wildman–Crippen MR) is 71.1 cm³/mol. The van der Waals surface area contributed by atoms with E-state index in [1.165, 1.54) is 0 Å². The zero-order valence-corrected chi connectivity index (χ0v) is 10.4. The Kier molecular flexibility index (Phi) is 3.58. The second-order valence-electron chi connectivity index (χ2n) is 3.42. The Morgan fingerprint density at radius 1 is 1.06 bits per heavy atom. The minimum absolute atomic E-state index is 0.505. The first-order valence-electron chi connectivity index (χ1n) is 4.92. The zero-order valence-electron chi connectivity index (χ0n) is 8.85. The van der Waals surface area contributed by atoms with E-state index in [0.29, 0.717) is 16.3 Å². The van der Waals surface area contributed by atoms with Crippen molar-refractivity contribution in [3.05, 3.63) is 53.1 Å². The Morgan fingerprint density at radius 3 is 2.29 bits per heavy atom. The van der Waals surface area contributed by atoms with Gasteiger partial charge in [-0.2, -0.15) is 5.26 Å². The van der Waals surface area contributed by atoms with Gasteiger partial charge in [0.25, 0.3) is 0 Å². The van der Waals surface area contributed by atoms with Crippen LogP contribution in [0.3, 0.4) is 0 Å². The van der Waals surface area contributed by atoms with E-state index in [0.717, 1.165) is 9.79 Å². The van der Waals surface area contributed by atoms with Gasteiger partial charge < -0.3 is 5.73 Å². The normalized spacial score (nSPS) is 9.88. The quantitative estimate of drug-likeness (QED) is 0.832. The van der Waals surface area contributed by atoms with Crippen LogP contribution in [0, 0.1) is 11.3 Å². The van der Waals surface area contributed by atoms with Crippen LogP contribution in [0.1, 0.15) is 5.56 Å². The molecule has 0 aromatic heterocycles. The van der Waals surface area contributed by atoms with Crippen LogP contribution in [-0.2, 0) is 0 Å². The van der Waals surface area contributed by atoms with E-state index in [2.05, 4.69) is 0 Å². The molecule has 0 bridgehead atoms. The molecule has 2 nitrogen and oxygen atoms in total. The monoisotopic (exact) mass is 260 g/mol. The number of hydrogen-bond acceptors (Lipinski definition) is 3. The Balaban J connectivity index is 2.22. The van der Waals surface area contributed by atoms with E-state index in [1.54, 1.807) is 23.9 Å². The molecule has 2 aromatic carbocycles. The summed E-state index contributed by atoms with van der Waals surface area (Å²) < 4.78 is 0. The van der Waals surface area contributed by atoms with Crippen LogP contribution in [0.5, 0.6) is 0 Å². The molecule has 4 heteroatoms. The van der Waals surface area contributed by atoms with Gasteiger partial charge >= 0.3 is 0 Å². The molecule has 17 heavy (non-hydrogen) atoms. The highest BCUT2D eigenvalue weighted by molar-refractivity contribution is 7.99. The summed E-state index contributed by atoms with van der Waals surface area (Å²) in [4.78, 5) is 2.09. The highest BCUT2D eigenvalue weighted by Gasteiger charge is 2.02. The maximum atomic E-state index is 8.78. The lowest BCUT2D eigenvalue weighted by atomic mass is 10.2. The van der Waals surface area contributed by atoms with Gasteiger partial charge in [-0.1, -0.05) is 23.4 Å². The molecule has 0 aliphatic heterocycles. The molecule has 0 spiro atoms. The minimum atomic E-state index is 0.505. The third kappa shape index (κ3) is 2.94. The lowest BCUT2D eigenvalue weighted by Crippen LogP contribution is -1.89. The largest absolute Gasteiger partial charge is 0.398 e. The zero-order chi connectivity index (χ0) is 12.3. The minimum Gasteiger partial charge on any atom is -0.398 e. The maximum Gasteiger partial charge on any atom is 0.101 e. The highest BCUT2D eigenvalue weighted by Crippen LogP contribution is 2.30. The van der Waals surface area contributed by atoms with Gasteiger partial charge in [-0.15, -0.1) is 0 Å². The first-order valence-corrected chi connectivity index (χ1v) is 6.11. The summed E-state index contributed by atoms with van der Waals surface area (Å²) in [6, 6.07) is 15.0. The van der Waals surface area contributed by atoms with Crippen LogP contribution in [0.4, 0.5) is 5.69 Å². The van der Waals surface area contributed by atoms with Crippen molar-refractivity contribution >= 4 is 29.1 Å². The molecule has 2 N–H and O–H groups in total. The van der Waals surface area contributed by atoms with E-state index in [1.807, 2.05) is 36.4 Å². The smallest absolute Gasteiger partial charge is 0.101 e. The van der Waals surface area contributed by atoms with E-state index < -0.39 is 0 Å². The van der Waals surface area contributed by atoms with Gasteiger partial charge in [-0.05, 0) is 42.5 Å². The lowest BCUT2D eigenvalue weighted by molar-refractivity contribution is 1.39. The van der Waals surface area contributed by atoms with Gasteiger partial charge in [0.15, 0.2) is 0 Å². The van der Waals surface area contributed by atoms with Crippen molar-refractivity contribution in [3.63, 3.8) is 0 Å². The lowest BCUT2D eigenvalue weighted by Gasteiger charge is -2.04.